The van der Waals surface area contributed by atoms with Crippen molar-refractivity contribution >= 4 is 0 Å². The number of methoxy groups -OCH3 is 2. The van der Waals surface area contributed by atoms with Gasteiger partial charge in [0.15, 0.2) is 6.29 Å². The average molecular weight is 259 g/mol. The summed E-state index contributed by atoms with van der Waals surface area (Å²) in [6.07, 6.45) is 4.10. The van der Waals surface area contributed by atoms with Gasteiger partial charge in [0, 0.05) is 26.9 Å². The van der Waals surface area contributed by atoms with Gasteiger partial charge in [-0.15, -0.1) is 0 Å². The first-order valence-electron chi connectivity index (χ1n) is 7.06. The van der Waals surface area contributed by atoms with Gasteiger partial charge in [0.2, 0.25) is 0 Å². The van der Waals surface area contributed by atoms with Gasteiger partial charge >= 0.3 is 0 Å². The van der Waals surface area contributed by atoms with Crippen LogP contribution in [0.15, 0.2) is 0 Å². The molecule has 1 aliphatic heterocycles. The molecule has 4 heteroatoms. The molecule has 0 amide bonds. The van der Waals surface area contributed by atoms with Crippen LogP contribution in [0.1, 0.15) is 46.5 Å². The minimum Gasteiger partial charge on any atom is -0.375 e. The topological polar surface area (TPSA) is 39.7 Å². The van der Waals surface area contributed by atoms with Gasteiger partial charge in [-0.2, -0.15) is 0 Å². The van der Waals surface area contributed by atoms with Crippen molar-refractivity contribution in [1.82, 2.24) is 5.32 Å². The molecule has 1 heterocycles. The van der Waals surface area contributed by atoms with Gasteiger partial charge in [0.25, 0.3) is 0 Å². The quantitative estimate of drug-likeness (QED) is 0.712. The number of ether oxygens (including phenoxy) is 3. The predicted molar refractivity (Wildman–Crippen MR) is 72.7 cm³/mol. The number of hydrogen-bond acceptors (Lipinski definition) is 4. The molecule has 2 atom stereocenters. The Morgan fingerprint density at radius 2 is 1.89 bits per heavy atom. The summed E-state index contributed by atoms with van der Waals surface area (Å²) in [6, 6.07) is 0.677. The summed E-state index contributed by atoms with van der Waals surface area (Å²) < 4.78 is 16.6. The summed E-state index contributed by atoms with van der Waals surface area (Å²) in [5, 5.41) is 3.61. The molecule has 0 aromatic heterocycles. The summed E-state index contributed by atoms with van der Waals surface area (Å²) in [4.78, 5) is 0. The fraction of sp³-hybridized carbons (Fsp3) is 1.00. The van der Waals surface area contributed by atoms with Crippen LogP contribution in [0.5, 0.6) is 0 Å². The van der Waals surface area contributed by atoms with Crippen LogP contribution in [-0.4, -0.2) is 44.8 Å². The fourth-order valence-electron chi connectivity index (χ4n) is 2.87. The molecule has 0 radical (unpaired) electrons. The summed E-state index contributed by atoms with van der Waals surface area (Å²) in [6.45, 7) is 7.37. The molecule has 1 aliphatic rings. The van der Waals surface area contributed by atoms with Gasteiger partial charge in [-0.3, -0.25) is 0 Å². The van der Waals surface area contributed by atoms with E-state index < -0.39 is 0 Å². The highest BCUT2D eigenvalue weighted by Crippen LogP contribution is 2.31. The third-order valence-corrected chi connectivity index (χ3v) is 4.15. The monoisotopic (exact) mass is 259 g/mol. The van der Waals surface area contributed by atoms with Gasteiger partial charge in [-0.25, -0.2) is 0 Å². The van der Waals surface area contributed by atoms with Crippen LogP contribution in [0.25, 0.3) is 0 Å². The van der Waals surface area contributed by atoms with E-state index >= 15 is 0 Å². The third-order valence-electron chi connectivity index (χ3n) is 4.15. The molecule has 2 unspecified atom stereocenters. The molecule has 1 N–H and O–H groups in total. The van der Waals surface area contributed by atoms with Gasteiger partial charge < -0.3 is 19.5 Å². The summed E-state index contributed by atoms with van der Waals surface area (Å²) >= 11 is 0. The van der Waals surface area contributed by atoms with Crippen molar-refractivity contribution < 1.29 is 14.2 Å². The molecule has 1 rings (SSSR count). The molecule has 1 fully saturated rings. The van der Waals surface area contributed by atoms with Crippen LogP contribution in [0.4, 0.5) is 0 Å². The average Bonchev–Trinajstić information content (AvgIpc) is 2.40. The van der Waals surface area contributed by atoms with E-state index in [1.54, 1.807) is 14.2 Å². The van der Waals surface area contributed by atoms with Crippen molar-refractivity contribution in [3.63, 3.8) is 0 Å². The molecule has 1 saturated heterocycles. The van der Waals surface area contributed by atoms with E-state index in [4.69, 9.17) is 14.2 Å². The largest absolute Gasteiger partial charge is 0.375 e. The van der Waals surface area contributed by atoms with Crippen molar-refractivity contribution in [2.24, 2.45) is 0 Å². The first-order valence-corrected chi connectivity index (χ1v) is 7.06. The highest BCUT2D eigenvalue weighted by molar-refractivity contribution is 4.89. The Hall–Kier alpha value is -0.160. The number of hydrogen-bond donors (Lipinski definition) is 1. The zero-order valence-corrected chi connectivity index (χ0v) is 12.5. The third kappa shape index (κ3) is 3.92. The number of rotatable bonds is 7. The van der Waals surface area contributed by atoms with Gasteiger partial charge in [0.1, 0.15) is 0 Å². The molecular weight excluding hydrogens is 230 g/mol. The van der Waals surface area contributed by atoms with E-state index in [0.717, 1.165) is 32.3 Å². The Morgan fingerprint density at radius 1 is 1.28 bits per heavy atom. The molecule has 0 saturated carbocycles. The van der Waals surface area contributed by atoms with E-state index in [1.807, 2.05) is 0 Å². The Labute approximate surface area is 111 Å². The van der Waals surface area contributed by atoms with E-state index in [9.17, 15) is 0 Å². The highest BCUT2D eigenvalue weighted by atomic mass is 16.7. The summed E-state index contributed by atoms with van der Waals surface area (Å²) in [5.74, 6) is 0. The maximum absolute atomic E-state index is 5.99. The van der Waals surface area contributed by atoms with Crippen LogP contribution in [0, 0.1) is 0 Å². The van der Waals surface area contributed by atoms with Crippen LogP contribution < -0.4 is 5.32 Å². The summed E-state index contributed by atoms with van der Waals surface area (Å²) in [5.41, 5.74) is 0.0608. The first kappa shape index (κ1) is 15.9. The standard InChI is InChI=1S/C14H29NO3/c1-6-14(7-2)10-12(8-9-18-14)15-11(3)13(16-4)17-5/h11-13,15H,6-10H2,1-5H3. The van der Waals surface area contributed by atoms with Crippen LogP contribution >= 0.6 is 0 Å². The lowest BCUT2D eigenvalue weighted by atomic mass is 9.85. The fourth-order valence-corrected chi connectivity index (χ4v) is 2.87. The van der Waals surface area contributed by atoms with Gasteiger partial charge in [-0.1, -0.05) is 13.8 Å². The molecule has 0 aliphatic carbocycles. The zero-order chi connectivity index (χ0) is 13.6. The second-order valence-electron chi connectivity index (χ2n) is 5.22. The number of nitrogens with one attached hydrogen (secondary N) is 1. The Bertz CT molecular complexity index is 227. The van der Waals surface area contributed by atoms with Gasteiger partial charge in [0.05, 0.1) is 11.6 Å². The molecule has 4 nitrogen and oxygen atoms in total. The van der Waals surface area contributed by atoms with E-state index in [-0.39, 0.29) is 17.9 Å². The Kier molecular flexibility index (Phi) is 6.57. The van der Waals surface area contributed by atoms with Crippen molar-refractivity contribution in [3.8, 4) is 0 Å². The first-order chi connectivity index (χ1) is 8.60. The van der Waals surface area contributed by atoms with Crippen molar-refractivity contribution in [3.05, 3.63) is 0 Å². The molecule has 0 spiro atoms. The van der Waals surface area contributed by atoms with E-state index in [2.05, 4.69) is 26.1 Å². The second-order valence-corrected chi connectivity index (χ2v) is 5.22. The lowest BCUT2D eigenvalue weighted by Crippen LogP contribution is -2.51. The van der Waals surface area contributed by atoms with E-state index in [1.165, 1.54) is 0 Å². The molecule has 0 bridgehead atoms. The van der Waals surface area contributed by atoms with Crippen LogP contribution in [0.2, 0.25) is 0 Å². The normalized spacial score (nSPS) is 25.3. The molecular formula is C14H29NO3. The van der Waals surface area contributed by atoms with Crippen molar-refractivity contribution in [1.29, 1.82) is 0 Å². The minimum absolute atomic E-state index is 0.0608. The molecule has 0 aromatic carbocycles. The predicted octanol–water partition coefficient (Wildman–Crippen LogP) is 2.32. The smallest absolute Gasteiger partial charge is 0.171 e. The molecule has 18 heavy (non-hydrogen) atoms. The SMILES string of the molecule is CCC1(CC)CC(NC(C)C(OC)OC)CCO1. The Morgan fingerprint density at radius 3 is 2.39 bits per heavy atom. The van der Waals surface area contributed by atoms with Gasteiger partial charge in [-0.05, 0) is 32.6 Å². The Balaban J connectivity index is 2.52. The second kappa shape index (κ2) is 7.43. The lowest BCUT2D eigenvalue weighted by Gasteiger charge is -2.41. The van der Waals surface area contributed by atoms with E-state index in [0.29, 0.717) is 6.04 Å². The molecule has 108 valence electrons. The summed E-state index contributed by atoms with van der Waals surface area (Å²) in [7, 11) is 3.36. The lowest BCUT2D eigenvalue weighted by molar-refractivity contribution is -0.130. The minimum atomic E-state index is -0.189. The highest BCUT2D eigenvalue weighted by Gasteiger charge is 2.35. The maximum Gasteiger partial charge on any atom is 0.171 e. The maximum atomic E-state index is 5.99. The van der Waals surface area contributed by atoms with Crippen LogP contribution in [-0.2, 0) is 14.2 Å². The van der Waals surface area contributed by atoms with Crippen LogP contribution in [0.3, 0.4) is 0 Å². The van der Waals surface area contributed by atoms with Crippen molar-refractivity contribution in [2.45, 2.75) is 70.4 Å². The van der Waals surface area contributed by atoms with Crippen molar-refractivity contribution in [2.75, 3.05) is 20.8 Å². The zero-order valence-electron chi connectivity index (χ0n) is 12.5. The molecule has 0 aromatic rings.